The molecule has 2 heterocycles. The number of fused-ring (bicyclic) bond motifs is 1. The normalized spacial score (nSPS) is 15.1. The molecule has 116 valence electrons. The maximum Gasteiger partial charge on any atom is 0.274 e. The minimum Gasteiger partial charge on any atom is -0.342 e. The van der Waals surface area contributed by atoms with Crippen LogP contribution in [-0.4, -0.2) is 20.9 Å². The summed E-state index contributed by atoms with van der Waals surface area (Å²) in [7, 11) is 0. The number of carbonyl (C=O) groups excluding carboxylic acids is 1. The van der Waals surface area contributed by atoms with Crippen LogP contribution < -0.4 is 5.32 Å². The highest BCUT2D eigenvalue weighted by Crippen LogP contribution is 2.33. The van der Waals surface area contributed by atoms with Crippen LogP contribution in [0.15, 0.2) is 42.6 Å². The lowest BCUT2D eigenvalue weighted by atomic mass is 10.1. The molecule has 1 fully saturated rings. The van der Waals surface area contributed by atoms with Gasteiger partial charge in [0.25, 0.3) is 5.91 Å². The Morgan fingerprint density at radius 2 is 2.04 bits per heavy atom. The molecule has 0 spiro atoms. The maximum absolute atomic E-state index is 12.2. The number of pyridine rings is 1. The predicted octanol–water partition coefficient (Wildman–Crippen LogP) is 3.87. The van der Waals surface area contributed by atoms with Crippen LogP contribution in [-0.2, 0) is 0 Å². The molecule has 0 atom stereocenters. The molecule has 0 radical (unpaired) electrons. The van der Waals surface area contributed by atoms with Crippen LogP contribution in [0.1, 0.15) is 47.9 Å². The Kier molecular flexibility index (Phi) is 3.54. The Bertz CT molecular complexity index is 835. The number of H-pyrrole nitrogens is 1. The summed E-state index contributed by atoms with van der Waals surface area (Å²) in [5.41, 5.74) is 3.06. The number of nitrogens with one attached hydrogen (secondary N) is 2. The molecule has 0 unspecified atom stereocenters. The molecule has 3 aromatic rings. The minimum absolute atomic E-state index is 0.208. The summed E-state index contributed by atoms with van der Waals surface area (Å²) in [6.07, 6.45) is 6.60. The van der Waals surface area contributed by atoms with Gasteiger partial charge < -0.3 is 10.3 Å². The first-order valence-corrected chi connectivity index (χ1v) is 8.02. The fourth-order valence-electron chi connectivity index (χ4n) is 3.19. The maximum atomic E-state index is 12.2. The van der Waals surface area contributed by atoms with Crippen LogP contribution in [0.3, 0.4) is 0 Å². The summed E-state index contributed by atoms with van der Waals surface area (Å²) in [6, 6.07) is 11.0. The van der Waals surface area contributed by atoms with Crippen molar-refractivity contribution in [1.82, 2.24) is 15.0 Å². The number of rotatable bonds is 3. The van der Waals surface area contributed by atoms with E-state index in [-0.39, 0.29) is 5.91 Å². The molecule has 2 aromatic heterocycles. The van der Waals surface area contributed by atoms with Crippen molar-refractivity contribution in [2.24, 2.45) is 0 Å². The van der Waals surface area contributed by atoms with Crippen molar-refractivity contribution in [2.75, 3.05) is 5.32 Å². The largest absolute Gasteiger partial charge is 0.342 e. The molecule has 4 rings (SSSR count). The number of aromatic nitrogens is 3. The zero-order chi connectivity index (χ0) is 15.6. The molecule has 1 aliphatic carbocycles. The van der Waals surface area contributed by atoms with Gasteiger partial charge in [-0.25, -0.2) is 4.98 Å². The lowest BCUT2D eigenvalue weighted by Gasteiger charge is -2.04. The van der Waals surface area contributed by atoms with E-state index in [1.165, 1.54) is 25.7 Å². The first-order valence-electron chi connectivity index (χ1n) is 8.02. The van der Waals surface area contributed by atoms with Crippen molar-refractivity contribution in [2.45, 2.75) is 31.6 Å². The molecule has 0 bridgehead atoms. The zero-order valence-electron chi connectivity index (χ0n) is 12.7. The molecule has 23 heavy (non-hydrogen) atoms. The average molecular weight is 306 g/mol. The average Bonchev–Trinajstić information content (AvgIpc) is 3.24. The SMILES string of the molecule is O=C(Nc1ccc2nc(C3CCCC3)[nH]c2c1)c1ccccn1. The molecule has 1 amide bonds. The fraction of sp³-hybridized carbons (Fsp3) is 0.278. The van der Waals surface area contributed by atoms with Gasteiger partial charge in [-0.1, -0.05) is 18.9 Å². The number of benzene rings is 1. The van der Waals surface area contributed by atoms with Crippen LogP contribution in [0.25, 0.3) is 11.0 Å². The van der Waals surface area contributed by atoms with E-state index in [2.05, 4.69) is 15.3 Å². The smallest absolute Gasteiger partial charge is 0.274 e. The van der Waals surface area contributed by atoms with Crippen LogP contribution in [0.2, 0.25) is 0 Å². The Hall–Kier alpha value is -2.69. The van der Waals surface area contributed by atoms with Crippen molar-refractivity contribution < 1.29 is 4.79 Å². The van der Waals surface area contributed by atoms with E-state index in [1.54, 1.807) is 24.4 Å². The molecule has 1 saturated carbocycles. The molecule has 2 N–H and O–H groups in total. The second kappa shape index (κ2) is 5.83. The minimum atomic E-state index is -0.208. The van der Waals surface area contributed by atoms with Crippen molar-refractivity contribution in [1.29, 1.82) is 0 Å². The van der Waals surface area contributed by atoms with Gasteiger partial charge >= 0.3 is 0 Å². The lowest BCUT2D eigenvalue weighted by Crippen LogP contribution is -2.13. The van der Waals surface area contributed by atoms with E-state index < -0.39 is 0 Å². The first kappa shape index (κ1) is 13.9. The summed E-state index contributed by atoms with van der Waals surface area (Å²) in [6.45, 7) is 0. The third-order valence-electron chi connectivity index (χ3n) is 4.40. The Morgan fingerprint density at radius 3 is 2.83 bits per heavy atom. The van der Waals surface area contributed by atoms with Crippen molar-refractivity contribution in [3.05, 3.63) is 54.1 Å². The number of hydrogen-bond acceptors (Lipinski definition) is 3. The molecule has 0 saturated heterocycles. The van der Waals surface area contributed by atoms with Gasteiger partial charge in [0.05, 0.1) is 11.0 Å². The van der Waals surface area contributed by atoms with E-state index in [1.807, 2.05) is 18.2 Å². The number of hydrogen-bond donors (Lipinski definition) is 2. The molecule has 5 heteroatoms. The van der Waals surface area contributed by atoms with E-state index in [4.69, 9.17) is 4.98 Å². The fourth-order valence-corrected chi connectivity index (χ4v) is 3.19. The van der Waals surface area contributed by atoms with E-state index in [9.17, 15) is 4.79 Å². The monoisotopic (exact) mass is 306 g/mol. The van der Waals surface area contributed by atoms with Gasteiger partial charge in [0.15, 0.2) is 0 Å². The Morgan fingerprint density at radius 1 is 1.17 bits per heavy atom. The topological polar surface area (TPSA) is 70.7 Å². The summed E-state index contributed by atoms with van der Waals surface area (Å²) in [5, 5.41) is 2.88. The summed E-state index contributed by atoms with van der Waals surface area (Å²) >= 11 is 0. The standard InChI is InChI=1S/C18H18N4O/c23-18(15-7-3-4-10-19-15)20-13-8-9-14-16(11-13)22-17(21-14)12-5-1-2-6-12/h3-4,7-12H,1-2,5-6H2,(H,20,23)(H,21,22). The van der Waals surface area contributed by atoms with Crippen molar-refractivity contribution in [3.8, 4) is 0 Å². The molecule has 5 nitrogen and oxygen atoms in total. The van der Waals surface area contributed by atoms with Gasteiger partial charge in [0.1, 0.15) is 11.5 Å². The number of aromatic amines is 1. The lowest BCUT2D eigenvalue weighted by molar-refractivity contribution is 0.102. The molecule has 1 aromatic carbocycles. The second-order valence-electron chi connectivity index (χ2n) is 6.00. The zero-order valence-corrected chi connectivity index (χ0v) is 12.7. The summed E-state index contributed by atoms with van der Waals surface area (Å²) in [4.78, 5) is 24.3. The van der Waals surface area contributed by atoms with Crippen molar-refractivity contribution in [3.63, 3.8) is 0 Å². The van der Waals surface area contributed by atoms with Crippen molar-refractivity contribution >= 4 is 22.6 Å². The van der Waals surface area contributed by atoms with Gasteiger partial charge in [0, 0.05) is 17.8 Å². The Balaban J connectivity index is 1.57. The van der Waals surface area contributed by atoms with E-state index in [0.29, 0.717) is 11.6 Å². The van der Waals surface area contributed by atoms with Crippen LogP contribution in [0, 0.1) is 0 Å². The van der Waals surface area contributed by atoms with Crippen LogP contribution in [0.4, 0.5) is 5.69 Å². The van der Waals surface area contributed by atoms with Gasteiger partial charge in [-0.15, -0.1) is 0 Å². The molecular weight excluding hydrogens is 288 g/mol. The number of amides is 1. The molecule has 1 aliphatic rings. The highest BCUT2D eigenvalue weighted by atomic mass is 16.1. The number of imidazole rings is 1. The second-order valence-corrected chi connectivity index (χ2v) is 6.00. The third-order valence-corrected chi connectivity index (χ3v) is 4.40. The van der Waals surface area contributed by atoms with Gasteiger partial charge in [-0.3, -0.25) is 9.78 Å². The van der Waals surface area contributed by atoms with Crippen LogP contribution >= 0.6 is 0 Å². The predicted molar refractivity (Wildman–Crippen MR) is 89.5 cm³/mol. The van der Waals surface area contributed by atoms with E-state index in [0.717, 1.165) is 22.5 Å². The highest BCUT2D eigenvalue weighted by Gasteiger charge is 2.20. The van der Waals surface area contributed by atoms with Gasteiger partial charge in [-0.05, 0) is 43.2 Å². The number of anilines is 1. The number of carbonyl (C=O) groups is 1. The van der Waals surface area contributed by atoms with E-state index >= 15 is 0 Å². The first-order chi connectivity index (χ1) is 11.3. The van der Waals surface area contributed by atoms with Crippen LogP contribution in [0.5, 0.6) is 0 Å². The van der Waals surface area contributed by atoms with Gasteiger partial charge in [0.2, 0.25) is 0 Å². The molecular formula is C18H18N4O. The summed E-state index contributed by atoms with van der Waals surface area (Å²) in [5.74, 6) is 1.42. The third kappa shape index (κ3) is 2.82. The Labute approximate surface area is 134 Å². The highest BCUT2D eigenvalue weighted by molar-refractivity contribution is 6.03. The summed E-state index contributed by atoms with van der Waals surface area (Å²) < 4.78 is 0. The number of nitrogens with zero attached hydrogens (tertiary/aromatic N) is 2. The van der Waals surface area contributed by atoms with Gasteiger partial charge in [-0.2, -0.15) is 0 Å². The quantitative estimate of drug-likeness (QED) is 0.771. The molecule has 0 aliphatic heterocycles.